The quantitative estimate of drug-likeness (QED) is 0.227. The van der Waals surface area contributed by atoms with Crippen LogP contribution in [0.5, 0.6) is 0 Å². The van der Waals surface area contributed by atoms with Gasteiger partial charge >= 0.3 is 0 Å². The van der Waals surface area contributed by atoms with Crippen LogP contribution in [0.15, 0.2) is 60.8 Å². The molecule has 0 bridgehead atoms. The number of hydrogen-bond donors (Lipinski definition) is 3. The van der Waals surface area contributed by atoms with E-state index in [4.69, 9.17) is 0 Å². The number of pyridine rings is 1. The van der Waals surface area contributed by atoms with Crippen molar-refractivity contribution in [3.8, 4) is 11.3 Å². The summed E-state index contributed by atoms with van der Waals surface area (Å²) in [5.74, 6) is -3.39. The van der Waals surface area contributed by atoms with E-state index in [1.54, 1.807) is 13.1 Å². The van der Waals surface area contributed by atoms with Crippen molar-refractivity contribution in [1.82, 2.24) is 20.3 Å². The zero-order valence-electron chi connectivity index (χ0n) is 21.2. The van der Waals surface area contributed by atoms with E-state index in [0.717, 1.165) is 11.1 Å². The van der Waals surface area contributed by atoms with E-state index in [-0.39, 0.29) is 35.1 Å². The first kappa shape index (κ1) is 26.5. The second kappa shape index (κ2) is 10.9. The van der Waals surface area contributed by atoms with Gasteiger partial charge in [0.1, 0.15) is 5.82 Å². The SMILES string of the molecule is CN1CCc2[nH]c(-c3ccnc(N(C=O)NC(=O)Cc4ccc(F)cc4)c3)c(Nc3cccc(F)c3F)c2C1=O. The van der Waals surface area contributed by atoms with Crippen LogP contribution in [0.2, 0.25) is 0 Å². The molecule has 0 radical (unpaired) electrons. The van der Waals surface area contributed by atoms with Crippen molar-refractivity contribution in [3.63, 3.8) is 0 Å². The maximum atomic E-state index is 14.6. The number of H-pyrrole nitrogens is 1. The van der Waals surface area contributed by atoms with Crippen LogP contribution >= 0.6 is 0 Å². The van der Waals surface area contributed by atoms with Crippen molar-refractivity contribution in [1.29, 1.82) is 0 Å². The van der Waals surface area contributed by atoms with Crippen molar-refractivity contribution in [3.05, 3.63) is 95.1 Å². The second-order valence-corrected chi connectivity index (χ2v) is 9.15. The van der Waals surface area contributed by atoms with Crippen LogP contribution in [0.4, 0.5) is 30.4 Å². The number of nitrogens with zero attached hydrogens (tertiary/aromatic N) is 3. The highest BCUT2D eigenvalue weighted by Gasteiger charge is 2.30. The van der Waals surface area contributed by atoms with Gasteiger partial charge in [-0.3, -0.25) is 19.8 Å². The first-order valence-corrected chi connectivity index (χ1v) is 12.2. The second-order valence-electron chi connectivity index (χ2n) is 9.15. The third kappa shape index (κ3) is 5.23. The molecule has 4 aromatic rings. The van der Waals surface area contributed by atoms with Crippen molar-refractivity contribution in [2.45, 2.75) is 12.8 Å². The molecule has 12 heteroatoms. The minimum Gasteiger partial charge on any atom is -0.356 e. The summed E-state index contributed by atoms with van der Waals surface area (Å²) >= 11 is 0. The van der Waals surface area contributed by atoms with Crippen LogP contribution in [0.1, 0.15) is 21.6 Å². The summed E-state index contributed by atoms with van der Waals surface area (Å²) in [4.78, 5) is 46.4. The fourth-order valence-electron chi connectivity index (χ4n) is 4.43. The Balaban J connectivity index is 1.49. The van der Waals surface area contributed by atoms with Crippen molar-refractivity contribution >= 4 is 35.4 Å². The Bertz CT molecular complexity index is 1610. The van der Waals surface area contributed by atoms with Gasteiger partial charge in [-0.05, 0) is 42.0 Å². The molecule has 204 valence electrons. The van der Waals surface area contributed by atoms with Crippen LogP contribution in [0, 0.1) is 17.5 Å². The Labute approximate surface area is 226 Å². The summed E-state index contributed by atoms with van der Waals surface area (Å²) < 4.78 is 41.7. The monoisotopic (exact) mass is 548 g/mol. The average Bonchev–Trinajstić information content (AvgIpc) is 3.32. The number of aromatic amines is 1. The van der Waals surface area contributed by atoms with Gasteiger partial charge in [-0.1, -0.05) is 18.2 Å². The zero-order valence-corrected chi connectivity index (χ0v) is 21.2. The van der Waals surface area contributed by atoms with Gasteiger partial charge < -0.3 is 15.2 Å². The van der Waals surface area contributed by atoms with Gasteiger partial charge in [0.25, 0.3) is 5.91 Å². The fourth-order valence-corrected chi connectivity index (χ4v) is 4.43. The smallest absolute Gasteiger partial charge is 0.257 e. The van der Waals surface area contributed by atoms with Crippen molar-refractivity contribution in [2.24, 2.45) is 0 Å². The standard InChI is InChI=1S/C28H23F3N6O3/c1-36-12-10-20-24(28(36)40)27(34-21-4-2-3-19(30)25(21)31)26(33-20)17-9-11-32-22(14-17)37(15-38)35-23(39)13-16-5-7-18(29)8-6-16/h2-9,11,14-15,33-34H,10,12-13H2,1H3,(H,35,39). The molecule has 40 heavy (non-hydrogen) atoms. The lowest BCUT2D eigenvalue weighted by Gasteiger charge is -2.23. The van der Waals surface area contributed by atoms with Gasteiger partial charge in [-0.2, -0.15) is 0 Å². The largest absolute Gasteiger partial charge is 0.356 e. The number of benzene rings is 2. The van der Waals surface area contributed by atoms with Gasteiger partial charge in [-0.25, -0.2) is 23.2 Å². The summed E-state index contributed by atoms with van der Waals surface area (Å²) in [6.07, 6.45) is 2.15. The van der Waals surface area contributed by atoms with E-state index in [1.807, 2.05) is 0 Å². The molecular weight excluding hydrogens is 525 g/mol. The van der Waals surface area contributed by atoms with Crippen LogP contribution in [0.3, 0.4) is 0 Å². The first-order valence-electron chi connectivity index (χ1n) is 12.2. The van der Waals surface area contributed by atoms with Gasteiger partial charge in [0.05, 0.1) is 29.1 Å². The lowest BCUT2D eigenvalue weighted by molar-refractivity contribution is -0.122. The summed E-state index contributed by atoms with van der Waals surface area (Å²) in [6.45, 7) is 0.458. The molecule has 0 saturated carbocycles. The predicted octanol–water partition coefficient (Wildman–Crippen LogP) is 4.10. The third-order valence-corrected chi connectivity index (χ3v) is 6.46. The number of carbonyl (C=O) groups excluding carboxylic acids is 3. The maximum absolute atomic E-state index is 14.6. The zero-order chi connectivity index (χ0) is 28.4. The molecule has 2 aromatic heterocycles. The van der Waals surface area contributed by atoms with Crippen LogP contribution in [-0.2, 0) is 22.4 Å². The van der Waals surface area contributed by atoms with Gasteiger partial charge in [0.15, 0.2) is 17.5 Å². The summed E-state index contributed by atoms with van der Waals surface area (Å²) in [7, 11) is 1.64. The predicted molar refractivity (Wildman–Crippen MR) is 141 cm³/mol. The normalized spacial score (nSPS) is 12.6. The summed E-state index contributed by atoms with van der Waals surface area (Å²) in [5.41, 5.74) is 4.77. The number of nitrogens with one attached hydrogen (secondary N) is 3. The van der Waals surface area contributed by atoms with Crippen molar-refractivity contribution < 1.29 is 27.6 Å². The minimum absolute atomic E-state index is 0.0545. The highest BCUT2D eigenvalue weighted by atomic mass is 19.2. The number of amides is 3. The summed E-state index contributed by atoms with van der Waals surface area (Å²) in [5, 5.41) is 3.76. The number of hydrogen-bond acceptors (Lipinski definition) is 5. The molecular formula is C28H23F3N6O3. The molecule has 0 fully saturated rings. The number of likely N-dealkylation sites (N-methyl/N-ethyl adjacent to an activating group) is 1. The molecule has 0 aliphatic carbocycles. The van der Waals surface area contributed by atoms with Crippen LogP contribution in [-0.4, -0.2) is 46.7 Å². The average molecular weight is 549 g/mol. The minimum atomic E-state index is -1.11. The highest BCUT2D eigenvalue weighted by molar-refractivity contribution is 6.06. The number of fused-ring (bicyclic) bond motifs is 1. The molecule has 3 heterocycles. The molecule has 9 nitrogen and oxygen atoms in total. The number of hydrazine groups is 1. The topological polar surface area (TPSA) is 110 Å². The molecule has 3 amide bonds. The Kier molecular flexibility index (Phi) is 7.23. The molecule has 0 saturated heterocycles. The molecule has 1 aliphatic heterocycles. The van der Waals surface area contributed by atoms with Gasteiger partial charge in [0, 0.05) is 37.5 Å². The molecule has 5 rings (SSSR count). The Hall–Kier alpha value is -5.13. The molecule has 2 aromatic carbocycles. The van der Waals surface area contributed by atoms with Crippen LogP contribution < -0.4 is 15.8 Å². The molecule has 3 N–H and O–H groups in total. The fraction of sp³-hybridized carbons (Fsp3) is 0.143. The van der Waals surface area contributed by atoms with E-state index in [2.05, 4.69) is 20.7 Å². The van der Waals surface area contributed by atoms with Crippen LogP contribution in [0.25, 0.3) is 11.3 Å². The number of carbonyl (C=O) groups is 3. The van der Waals surface area contributed by atoms with E-state index < -0.39 is 23.4 Å². The Morgan fingerprint density at radius 1 is 1.15 bits per heavy atom. The number of rotatable bonds is 8. The van der Waals surface area contributed by atoms with E-state index in [1.165, 1.54) is 53.6 Å². The molecule has 0 spiro atoms. The van der Waals surface area contributed by atoms with Gasteiger partial charge in [0.2, 0.25) is 12.3 Å². The first-order chi connectivity index (χ1) is 19.2. The molecule has 0 atom stereocenters. The number of anilines is 3. The Morgan fingerprint density at radius 3 is 2.67 bits per heavy atom. The molecule has 1 aliphatic rings. The summed E-state index contributed by atoms with van der Waals surface area (Å²) in [6, 6.07) is 12.1. The van der Waals surface area contributed by atoms with E-state index in [9.17, 15) is 27.6 Å². The molecule has 0 unspecified atom stereocenters. The number of halogens is 3. The highest BCUT2D eigenvalue weighted by Crippen LogP contribution is 2.39. The maximum Gasteiger partial charge on any atom is 0.257 e. The lowest BCUT2D eigenvalue weighted by atomic mass is 10.0. The van der Waals surface area contributed by atoms with Crippen molar-refractivity contribution in [2.75, 3.05) is 23.9 Å². The lowest BCUT2D eigenvalue weighted by Crippen LogP contribution is -2.42. The Morgan fingerprint density at radius 2 is 1.93 bits per heavy atom. The number of aromatic nitrogens is 2. The van der Waals surface area contributed by atoms with Gasteiger partial charge in [-0.15, -0.1) is 0 Å². The third-order valence-electron chi connectivity index (χ3n) is 6.46. The van der Waals surface area contributed by atoms with E-state index >= 15 is 0 Å². The van der Waals surface area contributed by atoms with E-state index in [0.29, 0.717) is 41.9 Å².